The summed E-state index contributed by atoms with van der Waals surface area (Å²) in [5, 5.41) is 0. The molecule has 1 fully saturated rings. The van der Waals surface area contributed by atoms with Crippen molar-refractivity contribution >= 4 is 0 Å². The fourth-order valence-electron chi connectivity index (χ4n) is 5.37. The van der Waals surface area contributed by atoms with E-state index in [1.54, 1.807) is 19.1 Å². The highest BCUT2D eigenvalue weighted by molar-refractivity contribution is 5.65. The fraction of sp³-hybridized carbons (Fsp3) is 0.467. The Morgan fingerprint density at radius 1 is 0.844 bits per heavy atom. The van der Waals surface area contributed by atoms with E-state index in [9.17, 15) is 8.78 Å². The molecule has 2 aliphatic rings. The second kappa shape index (κ2) is 10.6. The molecule has 0 N–H and O–H groups in total. The van der Waals surface area contributed by atoms with E-state index in [1.807, 2.05) is 24.3 Å². The Bertz CT molecular complexity index is 946. The number of rotatable bonds is 6. The first-order valence-electron chi connectivity index (χ1n) is 12.4. The van der Waals surface area contributed by atoms with Crippen molar-refractivity contribution in [2.24, 2.45) is 23.7 Å². The van der Waals surface area contributed by atoms with E-state index in [-0.39, 0.29) is 0 Å². The van der Waals surface area contributed by atoms with Crippen molar-refractivity contribution in [3.05, 3.63) is 83.5 Å². The Labute approximate surface area is 192 Å². The molecular formula is C30H36F2. The predicted molar refractivity (Wildman–Crippen MR) is 130 cm³/mol. The highest BCUT2D eigenvalue weighted by atomic mass is 19.2. The molecule has 4 rings (SSSR count). The standard InChI is InChI=1S/C30H36F2/c1-21-7-14-25(15-8-21)26-16-10-23(11-17-26)5-3-4-6-24-12-18-27(19-13-24)28-20-9-22(2)29(31)30(28)32/h3,5,9-10,12-13,16,18-21,23,25-26H,4,6-8,11,14-15,17H2,1-2H3/b5-3+. The van der Waals surface area contributed by atoms with Crippen molar-refractivity contribution in [2.45, 2.75) is 65.2 Å². The van der Waals surface area contributed by atoms with E-state index in [4.69, 9.17) is 0 Å². The third-order valence-corrected chi connectivity index (χ3v) is 7.63. The lowest BCUT2D eigenvalue weighted by atomic mass is 9.72. The van der Waals surface area contributed by atoms with E-state index >= 15 is 0 Å². The smallest absolute Gasteiger partial charge is 0.166 e. The highest BCUT2D eigenvalue weighted by Gasteiger charge is 2.26. The summed E-state index contributed by atoms with van der Waals surface area (Å²) in [6.45, 7) is 3.98. The number of hydrogen-bond donors (Lipinski definition) is 0. The first kappa shape index (κ1) is 23.0. The molecule has 0 spiro atoms. The lowest BCUT2D eigenvalue weighted by Crippen LogP contribution is -2.22. The Hall–Kier alpha value is -2.22. The Kier molecular flexibility index (Phi) is 7.60. The summed E-state index contributed by atoms with van der Waals surface area (Å²) in [5.74, 6) is 1.71. The molecule has 1 saturated carbocycles. The van der Waals surface area contributed by atoms with Crippen LogP contribution in [0.15, 0.2) is 60.7 Å². The quantitative estimate of drug-likeness (QED) is 0.398. The fourth-order valence-corrected chi connectivity index (χ4v) is 5.37. The van der Waals surface area contributed by atoms with Gasteiger partial charge in [0, 0.05) is 5.56 Å². The number of allylic oxidation sites excluding steroid dienone is 4. The van der Waals surface area contributed by atoms with E-state index in [0.29, 0.717) is 17.0 Å². The van der Waals surface area contributed by atoms with E-state index in [2.05, 4.69) is 31.2 Å². The zero-order valence-electron chi connectivity index (χ0n) is 19.5. The molecule has 0 aromatic heterocycles. The number of halogens is 2. The van der Waals surface area contributed by atoms with Crippen molar-refractivity contribution in [2.75, 3.05) is 0 Å². The summed E-state index contributed by atoms with van der Waals surface area (Å²) in [6.07, 6.45) is 19.8. The Balaban J connectivity index is 1.25. The second-order valence-corrected chi connectivity index (χ2v) is 10.0. The molecule has 2 aliphatic carbocycles. The molecule has 170 valence electrons. The van der Waals surface area contributed by atoms with Crippen molar-refractivity contribution in [3.8, 4) is 11.1 Å². The van der Waals surface area contributed by atoms with Crippen molar-refractivity contribution < 1.29 is 8.78 Å². The van der Waals surface area contributed by atoms with Crippen molar-refractivity contribution in [1.29, 1.82) is 0 Å². The molecule has 0 aliphatic heterocycles. The predicted octanol–water partition coefficient (Wildman–Crippen LogP) is 8.84. The van der Waals surface area contributed by atoms with Gasteiger partial charge in [0.25, 0.3) is 0 Å². The van der Waals surface area contributed by atoms with Crippen molar-refractivity contribution in [1.82, 2.24) is 0 Å². The van der Waals surface area contributed by atoms with Gasteiger partial charge in [-0.1, -0.05) is 80.5 Å². The maximum atomic E-state index is 14.2. The zero-order valence-corrected chi connectivity index (χ0v) is 19.5. The molecule has 2 aromatic carbocycles. The Morgan fingerprint density at radius 2 is 1.59 bits per heavy atom. The molecule has 2 aromatic rings. The van der Waals surface area contributed by atoms with Crippen LogP contribution in [0.25, 0.3) is 11.1 Å². The number of hydrogen-bond acceptors (Lipinski definition) is 0. The van der Waals surface area contributed by atoms with Crippen LogP contribution in [0.3, 0.4) is 0 Å². The minimum absolute atomic E-state index is 0.324. The summed E-state index contributed by atoms with van der Waals surface area (Å²) >= 11 is 0. The van der Waals surface area contributed by atoms with Crippen molar-refractivity contribution in [3.63, 3.8) is 0 Å². The molecule has 0 saturated heterocycles. The minimum Gasteiger partial charge on any atom is -0.203 e. The monoisotopic (exact) mass is 434 g/mol. The van der Waals surface area contributed by atoms with Crippen LogP contribution in [-0.4, -0.2) is 0 Å². The van der Waals surface area contributed by atoms with E-state index in [1.165, 1.54) is 44.1 Å². The molecular weight excluding hydrogens is 398 g/mol. The molecule has 2 unspecified atom stereocenters. The molecule has 0 amide bonds. The normalized spacial score (nSPS) is 26.0. The molecule has 2 atom stereocenters. The van der Waals surface area contributed by atoms with Gasteiger partial charge in [-0.3, -0.25) is 0 Å². The molecule has 0 nitrogen and oxygen atoms in total. The summed E-state index contributed by atoms with van der Waals surface area (Å²) in [7, 11) is 0. The van der Waals surface area contributed by atoms with Crippen LogP contribution in [0.1, 0.15) is 63.0 Å². The van der Waals surface area contributed by atoms with Crippen LogP contribution >= 0.6 is 0 Å². The summed E-state index contributed by atoms with van der Waals surface area (Å²) in [4.78, 5) is 0. The van der Waals surface area contributed by atoms with Gasteiger partial charge < -0.3 is 0 Å². The molecule has 32 heavy (non-hydrogen) atoms. The van der Waals surface area contributed by atoms with Gasteiger partial charge in [0.05, 0.1) is 0 Å². The molecule has 0 heterocycles. The van der Waals surface area contributed by atoms with Gasteiger partial charge in [-0.2, -0.15) is 0 Å². The van der Waals surface area contributed by atoms with Gasteiger partial charge in [-0.15, -0.1) is 0 Å². The molecule has 0 bridgehead atoms. The second-order valence-electron chi connectivity index (χ2n) is 10.0. The Morgan fingerprint density at radius 3 is 2.28 bits per heavy atom. The van der Waals surface area contributed by atoms with Gasteiger partial charge >= 0.3 is 0 Å². The maximum absolute atomic E-state index is 14.2. The van der Waals surface area contributed by atoms with Crippen LogP contribution in [0, 0.1) is 42.2 Å². The van der Waals surface area contributed by atoms with Gasteiger partial charge in [-0.05, 0) is 85.8 Å². The van der Waals surface area contributed by atoms with Gasteiger partial charge in [0.15, 0.2) is 11.6 Å². The summed E-state index contributed by atoms with van der Waals surface area (Å²) in [6, 6.07) is 11.1. The SMILES string of the molecule is Cc1ccc(-c2ccc(CC/C=C/C3C=CC(C4CCC(C)CC4)CC3)cc2)c(F)c1F. The van der Waals surface area contributed by atoms with Gasteiger partial charge in [-0.25, -0.2) is 8.78 Å². The first-order valence-corrected chi connectivity index (χ1v) is 12.4. The third-order valence-electron chi connectivity index (χ3n) is 7.63. The number of aryl methyl sites for hydroxylation is 2. The lowest BCUT2D eigenvalue weighted by Gasteiger charge is -2.33. The number of benzene rings is 2. The van der Waals surface area contributed by atoms with E-state index in [0.717, 1.165) is 36.2 Å². The average Bonchev–Trinajstić information content (AvgIpc) is 2.82. The zero-order chi connectivity index (χ0) is 22.5. The first-order chi connectivity index (χ1) is 15.5. The van der Waals surface area contributed by atoms with Gasteiger partial charge in [0.2, 0.25) is 0 Å². The van der Waals surface area contributed by atoms with E-state index < -0.39 is 11.6 Å². The average molecular weight is 435 g/mol. The molecule has 2 heteroatoms. The largest absolute Gasteiger partial charge is 0.203 e. The van der Waals surface area contributed by atoms with Crippen LogP contribution in [-0.2, 0) is 6.42 Å². The lowest BCUT2D eigenvalue weighted by molar-refractivity contribution is 0.224. The minimum atomic E-state index is -0.762. The highest BCUT2D eigenvalue weighted by Crippen LogP contribution is 2.38. The summed E-state index contributed by atoms with van der Waals surface area (Å²) < 4.78 is 28.1. The summed E-state index contributed by atoms with van der Waals surface area (Å²) in [5.41, 5.74) is 2.60. The topological polar surface area (TPSA) is 0 Å². The van der Waals surface area contributed by atoms with Crippen LogP contribution in [0.2, 0.25) is 0 Å². The third kappa shape index (κ3) is 5.57. The molecule has 0 radical (unpaired) electrons. The van der Waals surface area contributed by atoms with Crippen LogP contribution in [0.4, 0.5) is 8.78 Å². The van der Waals surface area contributed by atoms with Crippen LogP contribution in [0.5, 0.6) is 0 Å². The van der Waals surface area contributed by atoms with Crippen LogP contribution < -0.4 is 0 Å². The van der Waals surface area contributed by atoms with Gasteiger partial charge in [0.1, 0.15) is 0 Å². The maximum Gasteiger partial charge on any atom is 0.166 e.